The lowest BCUT2D eigenvalue weighted by Crippen LogP contribution is -2.24. The molecule has 0 saturated heterocycles. The van der Waals surface area contributed by atoms with E-state index in [1.54, 1.807) is 13.8 Å². The summed E-state index contributed by atoms with van der Waals surface area (Å²) in [4.78, 5) is 34.2. The fraction of sp³-hybridized carbons (Fsp3) is 0.211. The lowest BCUT2D eigenvalue weighted by molar-refractivity contribution is -0.384. The van der Waals surface area contributed by atoms with E-state index in [9.17, 15) is 19.7 Å². The van der Waals surface area contributed by atoms with E-state index in [4.69, 9.17) is 14.7 Å². The molecule has 9 heteroatoms. The monoisotopic (exact) mass is 383 g/mol. The lowest BCUT2D eigenvalue weighted by Gasteiger charge is -2.10. The van der Waals surface area contributed by atoms with E-state index in [0.29, 0.717) is 11.3 Å². The van der Waals surface area contributed by atoms with Crippen LogP contribution in [0.4, 0.5) is 11.4 Å². The molecule has 0 spiro atoms. The van der Waals surface area contributed by atoms with Crippen LogP contribution in [-0.4, -0.2) is 30.0 Å². The summed E-state index contributed by atoms with van der Waals surface area (Å²) in [6.07, 6.45) is 0. The zero-order valence-electron chi connectivity index (χ0n) is 15.2. The van der Waals surface area contributed by atoms with Crippen LogP contribution in [0.5, 0.6) is 5.75 Å². The van der Waals surface area contributed by atoms with Gasteiger partial charge in [0.2, 0.25) is 0 Å². The zero-order valence-corrected chi connectivity index (χ0v) is 15.2. The fourth-order valence-corrected chi connectivity index (χ4v) is 2.19. The second kappa shape index (κ2) is 9.14. The van der Waals surface area contributed by atoms with Crippen LogP contribution in [-0.2, 0) is 14.3 Å². The molecule has 1 amide bonds. The quantitative estimate of drug-likeness (QED) is 0.441. The number of benzene rings is 2. The van der Waals surface area contributed by atoms with Crippen LogP contribution in [0, 0.1) is 35.3 Å². The smallest absolute Gasteiger partial charge is 0.344 e. The molecule has 0 fully saturated rings. The third-order valence-corrected chi connectivity index (χ3v) is 3.79. The molecular weight excluding hydrogens is 366 g/mol. The molecule has 2 rings (SSSR count). The number of carbonyl (C=O) groups excluding carboxylic acids is 2. The molecular formula is C19H17N3O6. The van der Waals surface area contributed by atoms with Gasteiger partial charge in [0, 0.05) is 6.07 Å². The highest BCUT2D eigenvalue weighted by molar-refractivity contribution is 5.95. The van der Waals surface area contributed by atoms with Crippen LogP contribution < -0.4 is 10.1 Å². The summed E-state index contributed by atoms with van der Waals surface area (Å²) in [5.74, 6) is -1.13. The summed E-state index contributed by atoms with van der Waals surface area (Å²) in [7, 11) is 0. The van der Waals surface area contributed by atoms with E-state index in [1.165, 1.54) is 36.4 Å². The average Bonchev–Trinajstić information content (AvgIpc) is 2.67. The summed E-state index contributed by atoms with van der Waals surface area (Å²) >= 11 is 0. The van der Waals surface area contributed by atoms with Crippen LogP contribution in [0.1, 0.15) is 16.7 Å². The van der Waals surface area contributed by atoms with E-state index in [1.807, 2.05) is 6.07 Å². The number of nitro benzene ring substituents is 1. The molecule has 2 aromatic carbocycles. The zero-order chi connectivity index (χ0) is 20.7. The summed E-state index contributed by atoms with van der Waals surface area (Å²) < 4.78 is 9.99. The summed E-state index contributed by atoms with van der Waals surface area (Å²) in [5, 5.41) is 22.2. The second-order valence-electron chi connectivity index (χ2n) is 5.84. The Morgan fingerprint density at radius 2 is 1.79 bits per heavy atom. The van der Waals surface area contributed by atoms with Crippen molar-refractivity contribution in [2.45, 2.75) is 13.8 Å². The first-order valence-corrected chi connectivity index (χ1v) is 8.14. The largest absolute Gasteiger partial charge is 0.482 e. The molecule has 0 aromatic heterocycles. The number of nitrogens with zero attached hydrogens (tertiary/aromatic N) is 2. The Kier molecular flexibility index (Phi) is 6.65. The van der Waals surface area contributed by atoms with E-state index in [2.05, 4.69) is 5.32 Å². The third-order valence-electron chi connectivity index (χ3n) is 3.79. The van der Waals surface area contributed by atoms with Gasteiger partial charge in [-0.25, -0.2) is 4.79 Å². The normalized spacial score (nSPS) is 9.89. The molecule has 0 saturated carbocycles. The first-order valence-electron chi connectivity index (χ1n) is 8.14. The van der Waals surface area contributed by atoms with Crippen LogP contribution in [0.2, 0.25) is 0 Å². The molecule has 144 valence electrons. The van der Waals surface area contributed by atoms with Crippen molar-refractivity contribution >= 4 is 23.3 Å². The van der Waals surface area contributed by atoms with Gasteiger partial charge in [-0.15, -0.1) is 0 Å². The maximum Gasteiger partial charge on any atom is 0.344 e. The highest BCUT2D eigenvalue weighted by Gasteiger charge is 2.18. The molecule has 0 radical (unpaired) electrons. The molecule has 0 unspecified atom stereocenters. The van der Waals surface area contributed by atoms with Gasteiger partial charge < -0.3 is 14.8 Å². The van der Waals surface area contributed by atoms with E-state index < -0.39 is 30.0 Å². The molecule has 0 atom stereocenters. The average molecular weight is 383 g/mol. The number of ether oxygens (including phenoxy) is 2. The molecule has 0 heterocycles. The number of anilines is 1. The number of esters is 1. The molecule has 2 aromatic rings. The third kappa shape index (κ3) is 5.54. The van der Waals surface area contributed by atoms with Crippen molar-refractivity contribution in [3.63, 3.8) is 0 Å². The SMILES string of the molecule is Cc1cc(NC(=O)COC(=O)COc2ccc(C#N)cc2)c([N+](=O)[O-])cc1C. The van der Waals surface area contributed by atoms with Crippen molar-refractivity contribution in [3.05, 3.63) is 63.2 Å². The van der Waals surface area contributed by atoms with Gasteiger partial charge in [-0.05, 0) is 55.3 Å². The number of rotatable bonds is 7. The number of amides is 1. The topological polar surface area (TPSA) is 132 Å². The molecule has 1 N–H and O–H groups in total. The Morgan fingerprint density at radius 3 is 2.39 bits per heavy atom. The summed E-state index contributed by atoms with van der Waals surface area (Å²) in [6, 6.07) is 10.9. The molecule has 9 nitrogen and oxygen atoms in total. The van der Waals surface area contributed by atoms with E-state index in [-0.39, 0.29) is 11.4 Å². The Hall–Kier alpha value is -3.93. The van der Waals surface area contributed by atoms with E-state index >= 15 is 0 Å². The van der Waals surface area contributed by atoms with Crippen molar-refractivity contribution in [2.24, 2.45) is 0 Å². The number of hydrogen-bond acceptors (Lipinski definition) is 7. The van der Waals surface area contributed by atoms with Crippen LogP contribution in [0.25, 0.3) is 0 Å². The number of carbonyl (C=O) groups is 2. The fourth-order valence-electron chi connectivity index (χ4n) is 2.19. The predicted octanol–water partition coefficient (Wildman–Crippen LogP) is 2.64. The van der Waals surface area contributed by atoms with Crippen LogP contribution in [0.3, 0.4) is 0 Å². The molecule has 28 heavy (non-hydrogen) atoms. The number of aryl methyl sites for hydroxylation is 2. The number of hydrogen-bond donors (Lipinski definition) is 1. The summed E-state index contributed by atoms with van der Waals surface area (Å²) in [5.41, 5.74) is 1.73. The number of nitriles is 1. The minimum absolute atomic E-state index is 0.0305. The maximum absolute atomic E-state index is 12.0. The van der Waals surface area contributed by atoms with Gasteiger partial charge >= 0.3 is 5.97 Å². The predicted molar refractivity (Wildman–Crippen MR) is 98.8 cm³/mol. The van der Waals surface area contributed by atoms with Crippen molar-refractivity contribution in [3.8, 4) is 11.8 Å². The Balaban J connectivity index is 1.86. The minimum atomic E-state index is -0.783. The molecule has 0 bridgehead atoms. The Labute approximate surface area is 160 Å². The van der Waals surface area contributed by atoms with Crippen LogP contribution >= 0.6 is 0 Å². The van der Waals surface area contributed by atoms with Crippen molar-refractivity contribution < 1.29 is 24.0 Å². The number of nitro groups is 1. The van der Waals surface area contributed by atoms with Crippen molar-refractivity contribution in [1.29, 1.82) is 5.26 Å². The van der Waals surface area contributed by atoms with Crippen LogP contribution in [0.15, 0.2) is 36.4 Å². The van der Waals surface area contributed by atoms with Crippen molar-refractivity contribution in [1.82, 2.24) is 0 Å². The van der Waals surface area contributed by atoms with Gasteiger partial charge in [0.25, 0.3) is 11.6 Å². The van der Waals surface area contributed by atoms with Gasteiger partial charge in [0.05, 0.1) is 16.6 Å². The van der Waals surface area contributed by atoms with E-state index in [0.717, 1.165) is 11.1 Å². The maximum atomic E-state index is 12.0. The summed E-state index contributed by atoms with van der Waals surface area (Å²) in [6.45, 7) is 2.45. The van der Waals surface area contributed by atoms with Gasteiger partial charge in [-0.2, -0.15) is 5.26 Å². The standard InChI is InChI=1S/C19H17N3O6/c1-12-7-16(17(22(25)26)8-13(12)2)21-18(23)10-28-19(24)11-27-15-5-3-14(9-20)4-6-15/h3-8H,10-11H2,1-2H3,(H,21,23). The Morgan fingerprint density at radius 1 is 1.14 bits per heavy atom. The van der Waals surface area contributed by atoms with Gasteiger partial charge in [-0.1, -0.05) is 0 Å². The first kappa shape index (κ1) is 20.4. The molecule has 0 aliphatic heterocycles. The highest BCUT2D eigenvalue weighted by atomic mass is 16.6. The van der Waals surface area contributed by atoms with Gasteiger partial charge in [0.15, 0.2) is 13.2 Å². The molecule has 0 aliphatic rings. The van der Waals surface area contributed by atoms with Gasteiger partial charge in [-0.3, -0.25) is 14.9 Å². The highest BCUT2D eigenvalue weighted by Crippen LogP contribution is 2.27. The molecule has 0 aliphatic carbocycles. The van der Waals surface area contributed by atoms with Gasteiger partial charge in [0.1, 0.15) is 11.4 Å². The minimum Gasteiger partial charge on any atom is -0.482 e. The lowest BCUT2D eigenvalue weighted by atomic mass is 10.1. The Bertz CT molecular complexity index is 947. The van der Waals surface area contributed by atoms with Crippen molar-refractivity contribution in [2.75, 3.05) is 18.5 Å². The first-order chi connectivity index (χ1) is 13.3. The second-order valence-corrected chi connectivity index (χ2v) is 5.84. The number of nitrogens with one attached hydrogen (secondary N) is 1.